The number of anilines is 1. The molecule has 0 aliphatic carbocycles. The van der Waals surface area contributed by atoms with E-state index in [0.717, 1.165) is 37.4 Å². The number of benzene rings is 1. The highest BCUT2D eigenvalue weighted by molar-refractivity contribution is 5.83. The second-order valence-corrected chi connectivity index (χ2v) is 4.90. The number of fused-ring (bicyclic) bond motifs is 1. The lowest BCUT2D eigenvalue weighted by Gasteiger charge is -2.29. The normalized spacial score (nSPS) is 17.9. The van der Waals surface area contributed by atoms with Crippen LogP contribution in [-0.4, -0.2) is 19.1 Å². The highest BCUT2D eigenvalue weighted by atomic mass is 16.4. The van der Waals surface area contributed by atoms with Crippen molar-refractivity contribution in [1.29, 1.82) is 0 Å². The van der Waals surface area contributed by atoms with Crippen LogP contribution in [0.3, 0.4) is 0 Å². The molecule has 2 N–H and O–H groups in total. The van der Waals surface area contributed by atoms with Gasteiger partial charge < -0.3 is 15.1 Å². The molecule has 1 aliphatic rings. The number of piperidine rings is 1. The summed E-state index contributed by atoms with van der Waals surface area (Å²) in [6.07, 6.45) is 2.10. The van der Waals surface area contributed by atoms with Gasteiger partial charge >= 0.3 is 0 Å². The van der Waals surface area contributed by atoms with Crippen LogP contribution in [0.15, 0.2) is 28.7 Å². The van der Waals surface area contributed by atoms with Crippen LogP contribution in [0.2, 0.25) is 0 Å². The van der Waals surface area contributed by atoms with E-state index < -0.39 is 0 Å². The topological polar surface area (TPSA) is 42.4 Å². The Morgan fingerprint density at radius 3 is 2.76 bits per heavy atom. The zero-order valence-corrected chi connectivity index (χ0v) is 10.1. The van der Waals surface area contributed by atoms with Crippen molar-refractivity contribution in [3.63, 3.8) is 0 Å². The molecule has 3 heteroatoms. The Balaban J connectivity index is 1.93. The number of nitrogens with zero attached hydrogens (tertiary/aromatic N) is 1. The van der Waals surface area contributed by atoms with Crippen molar-refractivity contribution < 1.29 is 4.42 Å². The molecule has 0 spiro atoms. The standard InChI is InChI=1S/C14H18N2O/c1-10-3-2-4-11-9-13(17-14(10)11)16-7-5-12(15)6-8-16/h2-4,9,12H,5-8,15H2,1H3. The maximum atomic E-state index is 5.96. The molecule has 0 unspecified atom stereocenters. The van der Waals surface area contributed by atoms with Crippen LogP contribution in [0.4, 0.5) is 5.88 Å². The molecule has 90 valence electrons. The summed E-state index contributed by atoms with van der Waals surface area (Å²) in [5.74, 6) is 0.987. The average molecular weight is 230 g/mol. The SMILES string of the molecule is Cc1cccc2cc(N3CCC(N)CC3)oc12. The average Bonchev–Trinajstić information content (AvgIpc) is 2.75. The van der Waals surface area contributed by atoms with Crippen LogP contribution < -0.4 is 10.6 Å². The molecular weight excluding hydrogens is 212 g/mol. The number of nitrogens with two attached hydrogens (primary N) is 1. The number of furan rings is 1. The van der Waals surface area contributed by atoms with Gasteiger partial charge in [-0.1, -0.05) is 18.2 Å². The third kappa shape index (κ3) is 1.91. The highest BCUT2D eigenvalue weighted by Gasteiger charge is 2.19. The van der Waals surface area contributed by atoms with Crippen molar-refractivity contribution in [2.24, 2.45) is 5.73 Å². The minimum Gasteiger partial charge on any atom is -0.440 e. The van der Waals surface area contributed by atoms with E-state index in [2.05, 4.69) is 36.1 Å². The first-order chi connectivity index (χ1) is 8.24. The van der Waals surface area contributed by atoms with Gasteiger partial charge in [0.1, 0.15) is 5.58 Å². The van der Waals surface area contributed by atoms with E-state index in [1.807, 2.05) is 0 Å². The first-order valence-electron chi connectivity index (χ1n) is 6.24. The Hall–Kier alpha value is -1.48. The van der Waals surface area contributed by atoms with E-state index >= 15 is 0 Å². The van der Waals surface area contributed by atoms with Gasteiger partial charge in [0, 0.05) is 30.6 Å². The molecule has 17 heavy (non-hydrogen) atoms. The third-order valence-corrected chi connectivity index (χ3v) is 3.58. The summed E-state index contributed by atoms with van der Waals surface area (Å²) in [4.78, 5) is 2.29. The van der Waals surface area contributed by atoms with Gasteiger partial charge in [-0.25, -0.2) is 0 Å². The van der Waals surface area contributed by atoms with Gasteiger partial charge in [-0.05, 0) is 25.3 Å². The largest absolute Gasteiger partial charge is 0.440 e. The van der Waals surface area contributed by atoms with E-state index in [4.69, 9.17) is 10.2 Å². The van der Waals surface area contributed by atoms with Gasteiger partial charge in [0.2, 0.25) is 0 Å². The van der Waals surface area contributed by atoms with E-state index in [1.54, 1.807) is 0 Å². The molecule has 3 nitrogen and oxygen atoms in total. The summed E-state index contributed by atoms with van der Waals surface area (Å²) in [5.41, 5.74) is 8.13. The summed E-state index contributed by atoms with van der Waals surface area (Å²) >= 11 is 0. The molecule has 2 aromatic rings. The molecule has 3 rings (SSSR count). The van der Waals surface area contributed by atoms with E-state index in [-0.39, 0.29) is 0 Å². The van der Waals surface area contributed by atoms with Crippen molar-refractivity contribution >= 4 is 16.9 Å². The van der Waals surface area contributed by atoms with Crippen molar-refractivity contribution in [1.82, 2.24) is 0 Å². The lowest BCUT2D eigenvalue weighted by molar-refractivity contribution is 0.471. The van der Waals surface area contributed by atoms with Crippen molar-refractivity contribution in [2.75, 3.05) is 18.0 Å². The molecule has 2 heterocycles. The quantitative estimate of drug-likeness (QED) is 0.819. The minimum absolute atomic E-state index is 0.359. The maximum Gasteiger partial charge on any atom is 0.196 e. The van der Waals surface area contributed by atoms with Crippen molar-refractivity contribution in [2.45, 2.75) is 25.8 Å². The Morgan fingerprint density at radius 2 is 2.06 bits per heavy atom. The molecule has 0 amide bonds. The summed E-state index contributed by atoms with van der Waals surface area (Å²) in [5, 5.41) is 1.19. The molecule has 0 radical (unpaired) electrons. The lowest BCUT2D eigenvalue weighted by Crippen LogP contribution is -2.39. The fraction of sp³-hybridized carbons (Fsp3) is 0.429. The fourth-order valence-corrected chi connectivity index (χ4v) is 2.47. The predicted octanol–water partition coefficient (Wildman–Crippen LogP) is 2.67. The summed E-state index contributed by atoms with van der Waals surface area (Å²) in [7, 11) is 0. The number of hydrogen-bond acceptors (Lipinski definition) is 3. The van der Waals surface area contributed by atoms with Crippen LogP contribution in [0.5, 0.6) is 0 Å². The second kappa shape index (κ2) is 4.08. The molecule has 1 aromatic carbocycles. The monoisotopic (exact) mass is 230 g/mol. The molecular formula is C14H18N2O. The van der Waals surface area contributed by atoms with E-state index in [9.17, 15) is 0 Å². The Bertz CT molecular complexity index is 524. The molecule has 0 atom stereocenters. The van der Waals surface area contributed by atoms with Gasteiger partial charge in [-0.2, -0.15) is 0 Å². The summed E-state index contributed by atoms with van der Waals surface area (Å²) < 4.78 is 5.96. The van der Waals surface area contributed by atoms with E-state index in [1.165, 1.54) is 10.9 Å². The minimum atomic E-state index is 0.359. The van der Waals surface area contributed by atoms with Crippen molar-refractivity contribution in [3.05, 3.63) is 29.8 Å². The first kappa shape index (κ1) is 10.7. The molecule has 1 fully saturated rings. The number of rotatable bonds is 1. The Kier molecular flexibility index (Phi) is 2.56. The molecule has 0 saturated carbocycles. The number of para-hydroxylation sites is 1. The van der Waals surface area contributed by atoms with Gasteiger partial charge in [-0.15, -0.1) is 0 Å². The van der Waals surface area contributed by atoms with E-state index in [0.29, 0.717) is 6.04 Å². The van der Waals surface area contributed by atoms with Gasteiger partial charge in [-0.3, -0.25) is 0 Å². The predicted molar refractivity (Wildman–Crippen MR) is 70.4 cm³/mol. The fourth-order valence-electron chi connectivity index (χ4n) is 2.47. The lowest BCUT2D eigenvalue weighted by atomic mass is 10.1. The molecule has 1 aromatic heterocycles. The van der Waals surface area contributed by atoms with Crippen LogP contribution in [0.1, 0.15) is 18.4 Å². The molecule has 1 saturated heterocycles. The Morgan fingerprint density at radius 1 is 1.29 bits per heavy atom. The molecule has 1 aliphatic heterocycles. The first-order valence-corrected chi connectivity index (χ1v) is 6.24. The number of aryl methyl sites for hydroxylation is 1. The maximum absolute atomic E-state index is 5.96. The Labute approximate surface area is 101 Å². The second-order valence-electron chi connectivity index (χ2n) is 4.90. The molecule has 0 bridgehead atoms. The van der Waals surface area contributed by atoms with Crippen molar-refractivity contribution in [3.8, 4) is 0 Å². The van der Waals surface area contributed by atoms with Gasteiger partial charge in [0.05, 0.1) is 0 Å². The zero-order valence-electron chi connectivity index (χ0n) is 10.1. The summed E-state index contributed by atoms with van der Waals surface area (Å²) in [6.45, 7) is 4.09. The zero-order chi connectivity index (χ0) is 11.8. The van der Waals surface area contributed by atoms with Crippen LogP contribution in [0.25, 0.3) is 11.0 Å². The van der Waals surface area contributed by atoms with Gasteiger partial charge in [0.15, 0.2) is 5.88 Å². The van der Waals surface area contributed by atoms with Crippen LogP contribution in [-0.2, 0) is 0 Å². The van der Waals surface area contributed by atoms with Crippen LogP contribution >= 0.6 is 0 Å². The number of hydrogen-bond donors (Lipinski definition) is 1. The highest BCUT2D eigenvalue weighted by Crippen LogP contribution is 2.29. The summed E-state index contributed by atoms with van der Waals surface area (Å²) in [6, 6.07) is 8.76. The smallest absolute Gasteiger partial charge is 0.196 e. The third-order valence-electron chi connectivity index (χ3n) is 3.58. The van der Waals surface area contributed by atoms with Gasteiger partial charge in [0.25, 0.3) is 0 Å². The van der Waals surface area contributed by atoms with Crippen LogP contribution in [0, 0.1) is 6.92 Å².